The molecule has 0 saturated carbocycles. The highest BCUT2D eigenvalue weighted by molar-refractivity contribution is 7.89. The van der Waals surface area contributed by atoms with Crippen LogP contribution in [0.4, 0.5) is 0 Å². The largest absolute Gasteiger partial charge is 0.317 e. The van der Waals surface area contributed by atoms with Gasteiger partial charge in [0.25, 0.3) is 0 Å². The van der Waals surface area contributed by atoms with Crippen molar-refractivity contribution in [2.75, 3.05) is 12.8 Å². The SMILES string of the molecule is CCS(=O)(=O)N1[C@@H]2CCC[C@H]1C[C@H](NC)C2. The Kier molecular flexibility index (Phi) is 3.56. The summed E-state index contributed by atoms with van der Waals surface area (Å²) in [5.41, 5.74) is 0. The van der Waals surface area contributed by atoms with E-state index in [-0.39, 0.29) is 17.8 Å². The molecule has 0 radical (unpaired) electrons. The van der Waals surface area contributed by atoms with Crippen molar-refractivity contribution < 1.29 is 8.42 Å². The van der Waals surface area contributed by atoms with Gasteiger partial charge in [0.15, 0.2) is 0 Å². The van der Waals surface area contributed by atoms with Crippen LogP contribution in [0.2, 0.25) is 0 Å². The molecule has 0 spiro atoms. The van der Waals surface area contributed by atoms with Crippen LogP contribution in [0.3, 0.4) is 0 Å². The van der Waals surface area contributed by atoms with Gasteiger partial charge in [0.1, 0.15) is 0 Å². The van der Waals surface area contributed by atoms with E-state index in [2.05, 4.69) is 5.32 Å². The maximum absolute atomic E-state index is 12.1. The van der Waals surface area contributed by atoms with Gasteiger partial charge in [-0.15, -0.1) is 0 Å². The second kappa shape index (κ2) is 4.63. The highest BCUT2D eigenvalue weighted by Gasteiger charge is 2.43. The van der Waals surface area contributed by atoms with Gasteiger partial charge >= 0.3 is 0 Å². The first-order chi connectivity index (χ1) is 7.58. The van der Waals surface area contributed by atoms with Crippen molar-refractivity contribution >= 4 is 10.0 Å². The van der Waals surface area contributed by atoms with Crippen molar-refractivity contribution in [2.24, 2.45) is 0 Å². The summed E-state index contributed by atoms with van der Waals surface area (Å²) in [5, 5.41) is 3.30. The molecule has 2 bridgehead atoms. The molecule has 2 fully saturated rings. The van der Waals surface area contributed by atoms with E-state index in [9.17, 15) is 8.42 Å². The van der Waals surface area contributed by atoms with Crippen molar-refractivity contribution in [3.05, 3.63) is 0 Å². The normalized spacial score (nSPS) is 36.2. The summed E-state index contributed by atoms with van der Waals surface area (Å²) in [6.45, 7) is 1.75. The van der Waals surface area contributed by atoms with Gasteiger partial charge in [-0.3, -0.25) is 0 Å². The number of hydrogen-bond donors (Lipinski definition) is 1. The van der Waals surface area contributed by atoms with Crippen molar-refractivity contribution in [1.29, 1.82) is 0 Å². The van der Waals surface area contributed by atoms with Crippen LogP contribution in [0.25, 0.3) is 0 Å². The van der Waals surface area contributed by atoms with Gasteiger partial charge in [-0.05, 0) is 39.7 Å². The van der Waals surface area contributed by atoms with E-state index in [1.807, 2.05) is 11.4 Å². The Morgan fingerprint density at radius 3 is 2.25 bits per heavy atom. The monoisotopic (exact) mass is 246 g/mol. The van der Waals surface area contributed by atoms with E-state index in [4.69, 9.17) is 0 Å². The van der Waals surface area contributed by atoms with Crippen LogP contribution in [0.1, 0.15) is 39.0 Å². The number of hydrogen-bond acceptors (Lipinski definition) is 3. The predicted octanol–water partition coefficient (Wildman–Crippen LogP) is 0.941. The summed E-state index contributed by atoms with van der Waals surface area (Å²) < 4.78 is 26.0. The average molecular weight is 246 g/mol. The molecule has 1 N–H and O–H groups in total. The van der Waals surface area contributed by atoms with Gasteiger partial charge in [-0.25, -0.2) is 8.42 Å². The Hall–Kier alpha value is -0.130. The van der Waals surface area contributed by atoms with E-state index < -0.39 is 10.0 Å². The van der Waals surface area contributed by atoms with Crippen LogP contribution in [0.5, 0.6) is 0 Å². The predicted molar refractivity (Wildman–Crippen MR) is 64.8 cm³/mol. The smallest absolute Gasteiger partial charge is 0.214 e. The summed E-state index contributed by atoms with van der Waals surface area (Å²) in [6.07, 6.45) is 5.21. The minimum absolute atomic E-state index is 0.240. The first-order valence-corrected chi connectivity index (χ1v) is 7.88. The van der Waals surface area contributed by atoms with Crippen molar-refractivity contribution in [3.63, 3.8) is 0 Å². The van der Waals surface area contributed by atoms with E-state index >= 15 is 0 Å². The fraction of sp³-hybridized carbons (Fsp3) is 1.00. The Morgan fingerprint density at radius 2 is 1.81 bits per heavy atom. The fourth-order valence-electron chi connectivity index (χ4n) is 3.18. The molecule has 0 aliphatic carbocycles. The minimum Gasteiger partial charge on any atom is -0.317 e. The zero-order valence-corrected chi connectivity index (χ0v) is 11.0. The third-order valence-corrected chi connectivity index (χ3v) is 5.97. The molecular weight excluding hydrogens is 224 g/mol. The maximum atomic E-state index is 12.1. The lowest BCUT2D eigenvalue weighted by molar-refractivity contribution is 0.102. The number of sulfonamides is 1. The van der Waals surface area contributed by atoms with E-state index in [0.717, 1.165) is 25.7 Å². The quantitative estimate of drug-likeness (QED) is 0.806. The summed E-state index contributed by atoms with van der Waals surface area (Å²) >= 11 is 0. The highest BCUT2D eigenvalue weighted by atomic mass is 32.2. The second-order valence-corrected chi connectivity index (χ2v) is 7.09. The maximum Gasteiger partial charge on any atom is 0.214 e. The van der Waals surface area contributed by atoms with Gasteiger partial charge in [-0.1, -0.05) is 6.42 Å². The van der Waals surface area contributed by atoms with Gasteiger partial charge in [0.2, 0.25) is 10.0 Å². The molecule has 16 heavy (non-hydrogen) atoms. The molecule has 2 aliphatic heterocycles. The third-order valence-electron chi connectivity index (χ3n) is 4.00. The molecule has 0 aromatic carbocycles. The zero-order valence-electron chi connectivity index (χ0n) is 10.1. The molecule has 5 heteroatoms. The van der Waals surface area contributed by atoms with E-state index in [1.54, 1.807) is 6.92 Å². The standard InChI is InChI=1S/C11H22N2O2S/c1-3-16(14,15)13-10-5-4-6-11(13)8-9(7-10)12-2/h9-12H,3-8H2,1-2H3/t9-,10-,11+. The highest BCUT2D eigenvalue weighted by Crippen LogP contribution is 2.36. The van der Waals surface area contributed by atoms with Gasteiger partial charge in [0.05, 0.1) is 5.75 Å². The summed E-state index contributed by atoms with van der Waals surface area (Å²) in [4.78, 5) is 0. The lowest BCUT2D eigenvalue weighted by Gasteiger charge is -2.47. The third kappa shape index (κ3) is 2.13. The van der Waals surface area contributed by atoms with Crippen LogP contribution < -0.4 is 5.32 Å². The first kappa shape index (κ1) is 12.3. The Balaban J connectivity index is 2.21. The van der Waals surface area contributed by atoms with Crippen molar-refractivity contribution in [2.45, 2.75) is 57.2 Å². The second-order valence-electron chi connectivity index (χ2n) is 4.93. The van der Waals surface area contributed by atoms with Gasteiger partial charge in [-0.2, -0.15) is 4.31 Å². The van der Waals surface area contributed by atoms with Crippen molar-refractivity contribution in [3.8, 4) is 0 Å². The molecule has 0 aromatic heterocycles. The topological polar surface area (TPSA) is 49.4 Å². The lowest BCUT2D eigenvalue weighted by Crippen LogP contribution is -2.58. The van der Waals surface area contributed by atoms with Crippen LogP contribution in [-0.2, 0) is 10.0 Å². The molecular formula is C11H22N2O2S. The number of nitrogens with one attached hydrogen (secondary N) is 1. The fourth-order valence-corrected chi connectivity index (χ4v) is 4.77. The molecule has 94 valence electrons. The van der Waals surface area contributed by atoms with Crippen LogP contribution in [0, 0.1) is 0 Å². The van der Waals surface area contributed by atoms with Gasteiger partial charge in [0, 0.05) is 18.1 Å². The van der Waals surface area contributed by atoms with E-state index in [0.29, 0.717) is 6.04 Å². The molecule has 2 rings (SSSR count). The Labute approximate surface area is 98.4 Å². The van der Waals surface area contributed by atoms with Crippen LogP contribution in [0.15, 0.2) is 0 Å². The molecule has 2 aliphatic rings. The number of rotatable bonds is 3. The summed E-state index contributed by atoms with van der Waals surface area (Å²) in [5.74, 6) is 0.240. The lowest BCUT2D eigenvalue weighted by atomic mass is 9.84. The molecule has 2 heterocycles. The minimum atomic E-state index is -3.01. The summed E-state index contributed by atoms with van der Waals surface area (Å²) in [6, 6.07) is 0.989. The first-order valence-electron chi connectivity index (χ1n) is 6.27. The van der Waals surface area contributed by atoms with Crippen molar-refractivity contribution in [1.82, 2.24) is 9.62 Å². The molecule has 0 unspecified atom stereocenters. The number of fused-ring (bicyclic) bond motifs is 2. The molecule has 0 amide bonds. The zero-order chi connectivity index (χ0) is 11.8. The molecule has 0 aromatic rings. The summed E-state index contributed by atoms with van der Waals surface area (Å²) in [7, 11) is -1.03. The molecule has 2 saturated heterocycles. The number of piperidine rings is 2. The van der Waals surface area contributed by atoms with Crippen LogP contribution >= 0.6 is 0 Å². The van der Waals surface area contributed by atoms with E-state index in [1.165, 1.54) is 6.42 Å². The molecule has 4 nitrogen and oxygen atoms in total. The van der Waals surface area contributed by atoms with Gasteiger partial charge < -0.3 is 5.32 Å². The number of nitrogens with zero attached hydrogens (tertiary/aromatic N) is 1. The Bertz CT molecular complexity index is 328. The van der Waals surface area contributed by atoms with Crippen LogP contribution in [-0.4, -0.2) is 43.6 Å². The Morgan fingerprint density at radius 1 is 1.25 bits per heavy atom. The molecule has 3 atom stereocenters. The average Bonchev–Trinajstić information content (AvgIpc) is 2.27.